The molecule has 19 heavy (non-hydrogen) atoms. The second kappa shape index (κ2) is 8.37. The molecule has 0 spiro atoms. The highest BCUT2D eigenvalue weighted by atomic mass is 16.5. The molecule has 0 heterocycles. The zero-order chi connectivity index (χ0) is 14.1. The lowest BCUT2D eigenvalue weighted by atomic mass is 10.1. The summed E-state index contributed by atoms with van der Waals surface area (Å²) in [5, 5.41) is 5.91. The Bertz CT molecular complexity index is 385. The third-order valence-corrected chi connectivity index (χ3v) is 2.79. The SMILES string of the molecule is CNCCCNC(=O)Cc1c(OC)cccc1OC. The summed E-state index contributed by atoms with van der Waals surface area (Å²) >= 11 is 0. The fraction of sp³-hybridized carbons (Fsp3) is 0.500. The highest BCUT2D eigenvalue weighted by Gasteiger charge is 2.13. The van der Waals surface area contributed by atoms with Gasteiger partial charge in [-0.05, 0) is 32.1 Å². The van der Waals surface area contributed by atoms with Crippen LogP contribution in [0.1, 0.15) is 12.0 Å². The maximum atomic E-state index is 11.9. The Kier molecular flexibility index (Phi) is 6.74. The smallest absolute Gasteiger partial charge is 0.224 e. The van der Waals surface area contributed by atoms with E-state index in [1.165, 1.54) is 0 Å². The van der Waals surface area contributed by atoms with Crippen molar-refractivity contribution in [2.75, 3.05) is 34.4 Å². The van der Waals surface area contributed by atoms with Crippen molar-refractivity contribution < 1.29 is 14.3 Å². The third-order valence-electron chi connectivity index (χ3n) is 2.79. The maximum absolute atomic E-state index is 11.9. The van der Waals surface area contributed by atoms with E-state index in [2.05, 4.69) is 10.6 Å². The van der Waals surface area contributed by atoms with Crippen LogP contribution in [0.15, 0.2) is 18.2 Å². The number of amides is 1. The van der Waals surface area contributed by atoms with Crippen LogP contribution in [0.25, 0.3) is 0 Å². The monoisotopic (exact) mass is 266 g/mol. The second-order valence-corrected chi connectivity index (χ2v) is 4.12. The summed E-state index contributed by atoms with van der Waals surface area (Å²) in [5.41, 5.74) is 0.776. The predicted molar refractivity (Wildman–Crippen MR) is 74.8 cm³/mol. The van der Waals surface area contributed by atoms with Crippen molar-refractivity contribution >= 4 is 5.91 Å². The Morgan fingerprint density at radius 3 is 2.32 bits per heavy atom. The standard InChI is InChI=1S/C14H22N2O3/c1-15-8-5-9-16-14(17)10-11-12(18-2)6-4-7-13(11)19-3/h4,6-7,15H,5,8-10H2,1-3H3,(H,16,17). The molecule has 0 radical (unpaired) electrons. The minimum absolute atomic E-state index is 0.0288. The number of hydrogen-bond acceptors (Lipinski definition) is 4. The van der Waals surface area contributed by atoms with Crippen LogP contribution in [0.3, 0.4) is 0 Å². The van der Waals surface area contributed by atoms with Crippen molar-refractivity contribution in [1.29, 1.82) is 0 Å². The highest BCUT2D eigenvalue weighted by molar-refractivity contribution is 5.80. The first kappa shape index (κ1) is 15.3. The summed E-state index contributed by atoms with van der Waals surface area (Å²) in [6, 6.07) is 5.49. The molecule has 0 aliphatic rings. The maximum Gasteiger partial charge on any atom is 0.224 e. The summed E-state index contributed by atoms with van der Waals surface area (Å²) in [6.07, 6.45) is 1.16. The van der Waals surface area contributed by atoms with Crippen molar-refractivity contribution in [3.05, 3.63) is 23.8 Å². The van der Waals surface area contributed by atoms with Gasteiger partial charge in [0.1, 0.15) is 11.5 Å². The van der Waals surface area contributed by atoms with Gasteiger partial charge in [0, 0.05) is 12.1 Å². The largest absolute Gasteiger partial charge is 0.496 e. The van der Waals surface area contributed by atoms with E-state index in [1.807, 2.05) is 25.2 Å². The van der Waals surface area contributed by atoms with Gasteiger partial charge >= 0.3 is 0 Å². The van der Waals surface area contributed by atoms with Crippen LogP contribution < -0.4 is 20.1 Å². The van der Waals surface area contributed by atoms with Crippen molar-refractivity contribution in [3.8, 4) is 11.5 Å². The van der Waals surface area contributed by atoms with E-state index >= 15 is 0 Å². The number of carbonyl (C=O) groups is 1. The number of rotatable bonds is 8. The molecular formula is C14H22N2O3. The van der Waals surface area contributed by atoms with Gasteiger partial charge in [0.25, 0.3) is 0 Å². The van der Waals surface area contributed by atoms with Gasteiger partial charge < -0.3 is 20.1 Å². The van der Waals surface area contributed by atoms with Crippen LogP contribution in [0.5, 0.6) is 11.5 Å². The first-order valence-electron chi connectivity index (χ1n) is 6.34. The Labute approximate surface area is 114 Å². The van der Waals surface area contributed by atoms with Gasteiger partial charge in [0.15, 0.2) is 0 Å². The Balaban J connectivity index is 2.62. The molecule has 2 N–H and O–H groups in total. The summed E-state index contributed by atoms with van der Waals surface area (Å²) in [7, 11) is 5.06. The molecule has 1 aromatic carbocycles. The molecule has 0 saturated heterocycles. The van der Waals surface area contributed by atoms with Crippen LogP contribution in [-0.4, -0.2) is 40.3 Å². The van der Waals surface area contributed by atoms with Crippen molar-refractivity contribution in [3.63, 3.8) is 0 Å². The van der Waals surface area contributed by atoms with Crippen LogP contribution in [0.2, 0.25) is 0 Å². The van der Waals surface area contributed by atoms with E-state index in [1.54, 1.807) is 14.2 Å². The molecular weight excluding hydrogens is 244 g/mol. The lowest BCUT2D eigenvalue weighted by Gasteiger charge is -2.13. The van der Waals surface area contributed by atoms with E-state index in [0.717, 1.165) is 18.5 Å². The molecule has 106 valence electrons. The van der Waals surface area contributed by atoms with Gasteiger partial charge in [-0.1, -0.05) is 6.07 Å². The fourth-order valence-corrected chi connectivity index (χ4v) is 1.82. The van der Waals surface area contributed by atoms with Gasteiger partial charge in [0.05, 0.1) is 20.6 Å². The van der Waals surface area contributed by atoms with Crippen molar-refractivity contribution in [1.82, 2.24) is 10.6 Å². The Morgan fingerprint density at radius 1 is 1.16 bits per heavy atom. The lowest BCUT2D eigenvalue weighted by Crippen LogP contribution is -2.28. The van der Waals surface area contributed by atoms with Crippen molar-refractivity contribution in [2.24, 2.45) is 0 Å². The van der Waals surface area contributed by atoms with Crippen LogP contribution in [0.4, 0.5) is 0 Å². The molecule has 0 saturated carbocycles. The van der Waals surface area contributed by atoms with Gasteiger partial charge in [-0.2, -0.15) is 0 Å². The first-order chi connectivity index (χ1) is 9.22. The van der Waals surface area contributed by atoms with Gasteiger partial charge in [-0.25, -0.2) is 0 Å². The molecule has 1 rings (SSSR count). The zero-order valence-corrected chi connectivity index (χ0v) is 11.8. The van der Waals surface area contributed by atoms with Crippen LogP contribution >= 0.6 is 0 Å². The number of benzene rings is 1. The quantitative estimate of drug-likeness (QED) is 0.688. The number of carbonyl (C=O) groups excluding carboxylic acids is 1. The van der Waals surface area contributed by atoms with E-state index in [-0.39, 0.29) is 12.3 Å². The topological polar surface area (TPSA) is 59.6 Å². The first-order valence-corrected chi connectivity index (χ1v) is 6.34. The van der Waals surface area contributed by atoms with Crippen LogP contribution in [0, 0.1) is 0 Å². The molecule has 1 aromatic rings. The molecule has 5 nitrogen and oxygen atoms in total. The van der Waals surface area contributed by atoms with Crippen molar-refractivity contribution in [2.45, 2.75) is 12.8 Å². The predicted octanol–water partition coefficient (Wildman–Crippen LogP) is 0.972. The number of methoxy groups -OCH3 is 2. The molecule has 1 amide bonds. The average Bonchev–Trinajstić information content (AvgIpc) is 2.43. The average molecular weight is 266 g/mol. The third kappa shape index (κ3) is 4.79. The summed E-state index contributed by atoms with van der Waals surface area (Å²) in [5.74, 6) is 1.31. The minimum atomic E-state index is -0.0288. The normalized spacial score (nSPS) is 10.1. The van der Waals surface area contributed by atoms with E-state index in [9.17, 15) is 4.79 Å². The summed E-state index contributed by atoms with van der Waals surface area (Å²) in [6.45, 7) is 1.55. The van der Waals surface area contributed by atoms with Crippen LogP contribution in [-0.2, 0) is 11.2 Å². The molecule has 0 aromatic heterocycles. The molecule has 0 aliphatic heterocycles. The highest BCUT2D eigenvalue weighted by Crippen LogP contribution is 2.28. The zero-order valence-electron chi connectivity index (χ0n) is 11.8. The molecule has 0 atom stereocenters. The minimum Gasteiger partial charge on any atom is -0.496 e. The summed E-state index contributed by atoms with van der Waals surface area (Å²) in [4.78, 5) is 11.9. The van der Waals surface area contributed by atoms with E-state index in [4.69, 9.17) is 9.47 Å². The molecule has 0 unspecified atom stereocenters. The number of ether oxygens (including phenoxy) is 2. The van der Waals surface area contributed by atoms with Gasteiger partial charge in [-0.15, -0.1) is 0 Å². The molecule has 5 heteroatoms. The van der Waals surface area contributed by atoms with E-state index < -0.39 is 0 Å². The number of hydrogen-bond donors (Lipinski definition) is 2. The van der Waals surface area contributed by atoms with E-state index in [0.29, 0.717) is 18.0 Å². The summed E-state index contributed by atoms with van der Waals surface area (Å²) < 4.78 is 10.5. The Morgan fingerprint density at radius 2 is 1.79 bits per heavy atom. The Hall–Kier alpha value is -1.75. The molecule has 0 fully saturated rings. The number of nitrogens with one attached hydrogen (secondary N) is 2. The van der Waals surface area contributed by atoms with Gasteiger partial charge in [0.2, 0.25) is 5.91 Å². The second-order valence-electron chi connectivity index (χ2n) is 4.12. The molecule has 0 aliphatic carbocycles. The molecule has 0 bridgehead atoms. The van der Waals surface area contributed by atoms with Gasteiger partial charge in [-0.3, -0.25) is 4.79 Å². The lowest BCUT2D eigenvalue weighted by molar-refractivity contribution is -0.120. The fourth-order valence-electron chi connectivity index (χ4n) is 1.82.